The predicted octanol–water partition coefficient (Wildman–Crippen LogP) is 4.15. The molecular weight excluding hydrogens is 212 g/mol. The zero-order chi connectivity index (χ0) is 13.5. The Hall–Kier alpha value is -1.12. The van der Waals surface area contributed by atoms with Crippen LogP contribution in [-0.4, -0.2) is 15.8 Å². The van der Waals surface area contributed by atoms with Gasteiger partial charge in [0.15, 0.2) is 0 Å². The second-order valence-corrected chi connectivity index (χ2v) is 3.47. The first-order valence-electron chi connectivity index (χ1n) is 6.73. The van der Waals surface area contributed by atoms with Gasteiger partial charge in [-0.25, -0.2) is 4.98 Å². The van der Waals surface area contributed by atoms with Gasteiger partial charge in [0.05, 0.1) is 6.33 Å². The van der Waals surface area contributed by atoms with Crippen LogP contribution in [0, 0.1) is 0 Å². The van der Waals surface area contributed by atoms with Gasteiger partial charge < -0.3 is 4.98 Å². The third-order valence-electron chi connectivity index (χ3n) is 2.12. The molecule has 1 rings (SSSR count). The van der Waals surface area contributed by atoms with E-state index in [1.54, 1.807) is 12.5 Å². The molecule has 0 unspecified atom stereocenters. The number of rotatable bonds is 5. The highest BCUT2D eigenvalue weighted by Gasteiger charge is 1.99. The molecule has 0 radical (unpaired) electrons. The van der Waals surface area contributed by atoms with Gasteiger partial charge in [0.1, 0.15) is 5.78 Å². The summed E-state index contributed by atoms with van der Waals surface area (Å²) in [5.41, 5.74) is 1.03. The van der Waals surface area contributed by atoms with E-state index in [0.717, 1.165) is 12.1 Å². The number of aromatic amines is 1. The summed E-state index contributed by atoms with van der Waals surface area (Å²) in [6.07, 6.45) is 8.06. The van der Waals surface area contributed by atoms with Crippen molar-refractivity contribution in [1.29, 1.82) is 0 Å². The van der Waals surface area contributed by atoms with Crippen molar-refractivity contribution in [2.75, 3.05) is 0 Å². The zero-order valence-electron chi connectivity index (χ0n) is 12.0. The number of imidazole rings is 1. The van der Waals surface area contributed by atoms with Gasteiger partial charge >= 0.3 is 0 Å². The Morgan fingerprint density at radius 1 is 1.24 bits per heavy atom. The van der Waals surface area contributed by atoms with E-state index in [1.165, 1.54) is 12.8 Å². The molecule has 0 atom stereocenters. The maximum Gasteiger partial charge on any atom is 0.133 e. The average molecular weight is 240 g/mol. The molecule has 0 bridgehead atoms. The van der Waals surface area contributed by atoms with Crippen molar-refractivity contribution in [3.05, 3.63) is 18.2 Å². The van der Waals surface area contributed by atoms with Crippen LogP contribution in [0.15, 0.2) is 12.5 Å². The number of aryl methyl sites for hydroxylation is 1. The summed E-state index contributed by atoms with van der Waals surface area (Å²) in [7, 11) is 0. The highest BCUT2D eigenvalue weighted by molar-refractivity contribution is 5.78. The summed E-state index contributed by atoms with van der Waals surface area (Å²) in [6.45, 7) is 10.2. The molecule has 0 aliphatic rings. The molecule has 0 spiro atoms. The van der Waals surface area contributed by atoms with Gasteiger partial charge in [0.2, 0.25) is 0 Å². The second-order valence-electron chi connectivity index (χ2n) is 3.47. The Morgan fingerprint density at radius 2 is 1.82 bits per heavy atom. The van der Waals surface area contributed by atoms with Crippen molar-refractivity contribution in [1.82, 2.24) is 9.97 Å². The monoisotopic (exact) mass is 240 g/mol. The van der Waals surface area contributed by atoms with Crippen LogP contribution in [0.5, 0.6) is 0 Å². The normalized spacial score (nSPS) is 8.53. The summed E-state index contributed by atoms with van der Waals surface area (Å²) in [4.78, 5) is 17.7. The first-order valence-corrected chi connectivity index (χ1v) is 6.73. The highest BCUT2D eigenvalue weighted by atomic mass is 16.1. The van der Waals surface area contributed by atoms with Crippen molar-refractivity contribution in [3.8, 4) is 0 Å². The minimum atomic E-state index is 0.305. The van der Waals surface area contributed by atoms with Gasteiger partial charge in [-0.3, -0.25) is 4.79 Å². The Bertz CT molecular complexity index is 241. The van der Waals surface area contributed by atoms with Crippen LogP contribution in [0.25, 0.3) is 0 Å². The number of hydrogen-bond acceptors (Lipinski definition) is 2. The van der Waals surface area contributed by atoms with Crippen molar-refractivity contribution in [2.45, 2.75) is 66.7 Å². The van der Waals surface area contributed by atoms with Gasteiger partial charge in [-0.2, -0.15) is 0 Å². The maximum atomic E-state index is 10.9. The number of unbranched alkanes of at least 4 members (excludes halogenated alkanes) is 1. The Balaban J connectivity index is 0. The van der Waals surface area contributed by atoms with E-state index >= 15 is 0 Å². The fourth-order valence-electron chi connectivity index (χ4n) is 0.872. The minimum absolute atomic E-state index is 0.305. The number of ketones is 1. The van der Waals surface area contributed by atoms with Crippen LogP contribution < -0.4 is 0 Å². The van der Waals surface area contributed by atoms with Crippen LogP contribution in [0.3, 0.4) is 0 Å². The number of nitrogens with zero attached hydrogens (tertiary/aromatic N) is 1. The minimum Gasteiger partial charge on any atom is -0.348 e. The molecule has 100 valence electrons. The number of carbonyl (C=O) groups excluding carboxylic acids is 1. The van der Waals surface area contributed by atoms with E-state index in [1.807, 2.05) is 20.8 Å². The molecule has 17 heavy (non-hydrogen) atoms. The van der Waals surface area contributed by atoms with E-state index < -0.39 is 0 Å². The molecule has 3 nitrogen and oxygen atoms in total. The second kappa shape index (κ2) is 14.9. The molecule has 1 N–H and O–H groups in total. The summed E-state index contributed by atoms with van der Waals surface area (Å²) in [5.74, 6) is 0.305. The number of aromatic nitrogens is 2. The van der Waals surface area contributed by atoms with Crippen LogP contribution >= 0.6 is 0 Å². The van der Waals surface area contributed by atoms with E-state index in [4.69, 9.17) is 0 Å². The Labute approximate surface area is 106 Å². The molecule has 0 amide bonds. The lowest BCUT2D eigenvalue weighted by Crippen LogP contribution is -1.97. The van der Waals surface area contributed by atoms with Crippen molar-refractivity contribution < 1.29 is 4.79 Å². The Kier molecular flexibility index (Phi) is 16.0. The van der Waals surface area contributed by atoms with Crippen LogP contribution in [0.1, 0.15) is 66.0 Å². The fourth-order valence-corrected chi connectivity index (χ4v) is 0.872. The standard InChI is InChI=1S/C8H12N2O.C4H10.C2H6/c1-2-8(11)4-3-7-5-9-6-10-7;1-3-4-2;1-2/h5-6H,2-4H2,1H3,(H,9,10);3-4H2,1-2H3;1-2H3. The van der Waals surface area contributed by atoms with Gasteiger partial charge in [-0.1, -0.05) is 47.5 Å². The third-order valence-corrected chi connectivity index (χ3v) is 2.12. The van der Waals surface area contributed by atoms with Crippen LogP contribution in [-0.2, 0) is 11.2 Å². The third kappa shape index (κ3) is 12.8. The lowest BCUT2D eigenvalue weighted by Gasteiger charge is -1.93. The first-order chi connectivity index (χ1) is 8.24. The molecule has 1 aromatic rings. The molecule has 0 fully saturated rings. The molecule has 3 heteroatoms. The number of H-pyrrole nitrogens is 1. The molecule has 0 aromatic carbocycles. The van der Waals surface area contributed by atoms with Crippen LogP contribution in [0.2, 0.25) is 0 Å². The van der Waals surface area contributed by atoms with Gasteiger partial charge in [-0.05, 0) is 6.42 Å². The average Bonchev–Trinajstić information content (AvgIpc) is 2.91. The number of hydrogen-bond donors (Lipinski definition) is 1. The SMILES string of the molecule is CC.CCC(=O)CCc1cnc[nH]1.CCCC. The van der Waals surface area contributed by atoms with Gasteiger partial charge in [0.25, 0.3) is 0 Å². The van der Waals surface area contributed by atoms with Gasteiger partial charge in [-0.15, -0.1) is 0 Å². The lowest BCUT2D eigenvalue weighted by molar-refractivity contribution is -0.118. The zero-order valence-corrected chi connectivity index (χ0v) is 12.0. The number of Topliss-reactive ketones (excluding diaryl/α,β-unsaturated/α-hetero) is 1. The lowest BCUT2D eigenvalue weighted by atomic mass is 10.1. The first kappa shape index (κ1) is 18.3. The van der Waals surface area contributed by atoms with Gasteiger partial charge in [0, 0.05) is 24.7 Å². The van der Waals surface area contributed by atoms with E-state index in [-0.39, 0.29) is 0 Å². The quantitative estimate of drug-likeness (QED) is 0.840. The number of nitrogens with one attached hydrogen (secondary N) is 1. The molecule has 0 aliphatic carbocycles. The van der Waals surface area contributed by atoms with Crippen molar-refractivity contribution in [2.24, 2.45) is 0 Å². The summed E-state index contributed by atoms with van der Waals surface area (Å²) in [6, 6.07) is 0. The van der Waals surface area contributed by atoms with E-state index in [9.17, 15) is 4.79 Å². The smallest absolute Gasteiger partial charge is 0.133 e. The summed E-state index contributed by atoms with van der Waals surface area (Å²) < 4.78 is 0. The number of carbonyl (C=O) groups is 1. The maximum absolute atomic E-state index is 10.9. The fraction of sp³-hybridized carbons (Fsp3) is 0.714. The summed E-state index contributed by atoms with van der Waals surface area (Å²) in [5, 5.41) is 0. The Morgan fingerprint density at radius 3 is 2.18 bits per heavy atom. The predicted molar refractivity (Wildman–Crippen MR) is 74.1 cm³/mol. The molecule has 0 aliphatic heterocycles. The van der Waals surface area contributed by atoms with Crippen molar-refractivity contribution >= 4 is 5.78 Å². The largest absolute Gasteiger partial charge is 0.348 e. The molecule has 1 aromatic heterocycles. The summed E-state index contributed by atoms with van der Waals surface area (Å²) >= 11 is 0. The van der Waals surface area contributed by atoms with E-state index in [0.29, 0.717) is 18.6 Å². The topological polar surface area (TPSA) is 45.8 Å². The van der Waals surface area contributed by atoms with Crippen LogP contribution in [0.4, 0.5) is 0 Å². The highest BCUT2D eigenvalue weighted by Crippen LogP contribution is 1.98. The molecule has 0 saturated heterocycles. The molecular formula is C14H28N2O. The molecule has 0 saturated carbocycles. The molecule has 1 heterocycles. The van der Waals surface area contributed by atoms with E-state index in [2.05, 4.69) is 23.8 Å². The van der Waals surface area contributed by atoms with Crippen molar-refractivity contribution in [3.63, 3.8) is 0 Å².